The molecule has 70 valence electrons. The smallest absolute Gasteiger partial charge is 0.224 e. The fourth-order valence-corrected chi connectivity index (χ4v) is 1.06. The van der Waals surface area contributed by atoms with Crippen molar-refractivity contribution < 1.29 is 4.79 Å². The van der Waals surface area contributed by atoms with E-state index in [1.54, 1.807) is 25.1 Å². The Hall–Kier alpha value is -1.22. The fourth-order valence-electron chi connectivity index (χ4n) is 0.885. The molecule has 1 amide bonds. The van der Waals surface area contributed by atoms with Crippen LogP contribution in [0.2, 0.25) is 5.02 Å². The summed E-state index contributed by atoms with van der Waals surface area (Å²) >= 11 is 5.85. The third-order valence-corrected chi connectivity index (χ3v) is 2.05. The van der Waals surface area contributed by atoms with E-state index in [0.717, 1.165) is 0 Å². The van der Waals surface area contributed by atoms with Gasteiger partial charge in [-0.1, -0.05) is 24.6 Å². The average Bonchev–Trinajstić information content (AvgIpc) is 2.13. The van der Waals surface area contributed by atoms with E-state index < -0.39 is 0 Å². The van der Waals surface area contributed by atoms with Crippen molar-refractivity contribution in [2.24, 2.45) is 0 Å². The van der Waals surface area contributed by atoms with Crippen LogP contribution in [0.25, 0.3) is 0 Å². The van der Waals surface area contributed by atoms with E-state index in [1.807, 2.05) is 0 Å². The van der Waals surface area contributed by atoms with Gasteiger partial charge in [-0.05, 0) is 12.1 Å². The molecule has 3 N–H and O–H groups in total. The molecule has 0 radical (unpaired) electrons. The highest BCUT2D eigenvalue weighted by atomic mass is 35.5. The van der Waals surface area contributed by atoms with Crippen LogP contribution >= 0.6 is 11.6 Å². The SMILES string of the molecule is CCC(=O)Nc1cccc(N)c1Cl. The first-order valence-electron chi connectivity index (χ1n) is 3.99. The molecule has 0 aromatic heterocycles. The van der Waals surface area contributed by atoms with E-state index in [9.17, 15) is 4.79 Å². The molecule has 4 heteroatoms. The minimum atomic E-state index is -0.0764. The van der Waals surface area contributed by atoms with Crippen LogP contribution in [-0.2, 0) is 4.79 Å². The molecule has 0 bridgehead atoms. The molecule has 0 atom stereocenters. The Labute approximate surface area is 81.9 Å². The molecular formula is C9H11ClN2O. The Kier molecular flexibility index (Phi) is 3.14. The second kappa shape index (κ2) is 4.14. The highest BCUT2D eigenvalue weighted by Gasteiger charge is 2.05. The van der Waals surface area contributed by atoms with Crippen LogP contribution in [0.15, 0.2) is 18.2 Å². The lowest BCUT2D eigenvalue weighted by Gasteiger charge is -2.06. The molecule has 1 aromatic rings. The van der Waals surface area contributed by atoms with E-state index >= 15 is 0 Å². The molecular weight excluding hydrogens is 188 g/mol. The summed E-state index contributed by atoms with van der Waals surface area (Å²) in [4.78, 5) is 11.0. The first-order valence-corrected chi connectivity index (χ1v) is 4.36. The van der Waals surface area contributed by atoms with E-state index in [-0.39, 0.29) is 5.91 Å². The van der Waals surface area contributed by atoms with E-state index in [4.69, 9.17) is 17.3 Å². The van der Waals surface area contributed by atoms with Crippen LogP contribution in [-0.4, -0.2) is 5.91 Å². The summed E-state index contributed by atoms with van der Waals surface area (Å²) in [5.74, 6) is -0.0764. The predicted molar refractivity (Wildman–Crippen MR) is 54.8 cm³/mol. The van der Waals surface area contributed by atoms with Gasteiger partial charge in [-0.25, -0.2) is 0 Å². The second-order valence-electron chi connectivity index (χ2n) is 2.61. The Balaban J connectivity index is 2.89. The zero-order chi connectivity index (χ0) is 9.84. The number of benzene rings is 1. The van der Waals surface area contributed by atoms with Gasteiger partial charge >= 0.3 is 0 Å². The van der Waals surface area contributed by atoms with Crippen molar-refractivity contribution in [3.63, 3.8) is 0 Å². The Morgan fingerprint density at radius 1 is 1.62 bits per heavy atom. The van der Waals surface area contributed by atoms with E-state index in [0.29, 0.717) is 22.8 Å². The molecule has 0 unspecified atom stereocenters. The summed E-state index contributed by atoms with van der Waals surface area (Å²) in [6.45, 7) is 1.77. The molecule has 0 saturated carbocycles. The third kappa shape index (κ3) is 2.36. The normalized spacial score (nSPS) is 9.69. The van der Waals surface area contributed by atoms with Gasteiger partial charge in [-0.15, -0.1) is 0 Å². The standard InChI is InChI=1S/C9H11ClN2O/c1-2-8(13)12-7-5-3-4-6(11)9(7)10/h3-5H,2,11H2,1H3,(H,12,13). The summed E-state index contributed by atoms with van der Waals surface area (Å²) in [6.07, 6.45) is 0.422. The molecule has 13 heavy (non-hydrogen) atoms. The first kappa shape index (κ1) is 9.86. The zero-order valence-corrected chi connectivity index (χ0v) is 8.06. The number of nitrogens with one attached hydrogen (secondary N) is 1. The average molecular weight is 199 g/mol. The Morgan fingerprint density at radius 2 is 2.31 bits per heavy atom. The molecule has 0 fully saturated rings. The number of nitrogen functional groups attached to an aromatic ring is 1. The zero-order valence-electron chi connectivity index (χ0n) is 7.30. The Morgan fingerprint density at radius 3 is 2.92 bits per heavy atom. The van der Waals surface area contributed by atoms with Crippen molar-refractivity contribution in [2.45, 2.75) is 13.3 Å². The molecule has 0 aliphatic carbocycles. The van der Waals surface area contributed by atoms with Crippen LogP contribution in [0.3, 0.4) is 0 Å². The molecule has 0 spiro atoms. The maximum Gasteiger partial charge on any atom is 0.224 e. The number of halogens is 1. The van der Waals surface area contributed by atoms with E-state index in [2.05, 4.69) is 5.32 Å². The molecule has 0 heterocycles. The highest BCUT2D eigenvalue weighted by Crippen LogP contribution is 2.27. The number of carbonyl (C=O) groups excluding carboxylic acids is 1. The summed E-state index contributed by atoms with van der Waals surface area (Å²) in [7, 11) is 0. The first-order chi connectivity index (χ1) is 6.15. The van der Waals surface area contributed by atoms with Crippen LogP contribution in [0.1, 0.15) is 13.3 Å². The number of amides is 1. The molecule has 0 aliphatic heterocycles. The largest absolute Gasteiger partial charge is 0.397 e. The van der Waals surface area contributed by atoms with Crippen LogP contribution in [0.5, 0.6) is 0 Å². The highest BCUT2D eigenvalue weighted by molar-refractivity contribution is 6.36. The second-order valence-corrected chi connectivity index (χ2v) is 2.99. The minimum absolute atomic E-state index is 0.0764. The van der Waals surface area contributed by atoms with Gasteiger partial charge in [0.2, 0.25) is 5.91 Å². The van der Waals surface area contributed by atoms with Gasteiger partial charge in [0.25, 0.3) is 0 Å². The molecule has 1 aromatic carbocycles. The predicted octanol–water partition coefficient (Wildman–Crippen LogP) is 2.27. The van der Waals surface area contributed by atoms with Gasteiger partial charge in [0, 0.05) is 6.42 Å². The van der Waals surface area contributed by atoms with Gasteiger partial charge in [-0.3, -0.25) is 4.79 Å². The molecule has 0 saturated heterocycles. The van der Waals surface area contributed by atoms with Crippen LogP contribution in [0.4, 0.5) is 11.4 Å². The summed E-state index contributed by atoms with van der Waals surface area (Å²) in [6, 6.07) is 5.14. The molecule has 0 aliphatic rings. The van der Waals surface area contributed by atoms with Crippen molar-refractivity contribution in [3.8, 4) is 0 Å². The molecule has 3 nitrogen and oxygen atoms in total. The van der Waals surface area contributed by atoms with Crippen molar-refractivity contribution >= 4 is 28.9 Å². The number of carbonyl (C=O) groups is 1. The number of nitrogens with two attached hydrogens (primary N) is 1. The topological polar surface area (TPSA) is 55.1 Å². The number of rotatable bonds is 2. The van der Waals surface area contributed by atoms with Gasteiger partial charge in [-0.2, -0.15) is 0 Å². The van der Waals surface area contributed by atoms with Crippen molar-refractivity contribution in [1.82, 2.24) is 0 Å². The maximum atomic E-state index is 11.0. The quantitative estimate of drug-likeness (QED) is 0.717. The Bertz CT molecular complexity index is 325. The van der Waals surface area contributed by atoms with Gasteiger partial charge in [0.05, 0.1) is 16.4 Å². The summed E-state index contributed by atoms with van der Waals surface area (Å²) < 4.78 is 0. The number of anilines is 2. The fraction of sp³-hybridized carbons (Fsp3) is 0.222. The van der Waals surface area contributed by atoms with Crippen molar-refractivity contribution in [1.29, 1.82) is 0 Å². The van der Waals surface area contributed by atoms with Crippen molar-refractivity contribution in [2.75, 3.05) is 11.1 Å². The molecule has 1 rings (SSSR count). The minimum Gasteiger partial charge on any atom is -0.397 e. The van der Waals surface area contributed by atoms with Gasteiger partial charge in [0.1, 0.15) is 0 Å². The maximum absolute atomic E-state index is 11.0. The van der Waals surface area contributed by atoms with Crippen LogP contribution in [0, 0.1) is 0 Å². The van der Waals surface area contributed by atoms with Gasteiger partial charge in [0.15, 0.2) is 0 Å². The van der Waals surface area contributed by atoms with Gasteiger partial charge < -0.3 is 11.1 Å². The third-order valence-electron chi connectivity index (χ3n) is 1.62. The number of hydrogen-bond donors (Lipinski definition) is 2. The van der Waals surface area contributed by atoms with E-state index in [1.165, 1.54) is 0 Å². The monoisotopic (exact) mass is 198 g/mol. The lowest BCUT2D eigenvalue weighted by Crippen LogP contribution is -2.10. The summed E-state index contributed by atoms with van der Waals surface area (Å²) in [5, 5.41) is 3.04. The lowest BCUT2D eigenvalue weighted by molar-refractivity contribution is -0.115. The lowest BCUT2D eigenvalue weighted by atomic mass is 10.2. The van der Waals surface area contributed by atoms with Crippen LogP contribution < -0.4 is 11.1 Å². The summed E-state index contributed by atoms with van der Waals surface area (Å²) in [5.41, 5.74) is 6.59. The number of hydrogen-bond acceptors (Lipinski definition) is 2. The van der Waals surface area contributed by atoms with Crippen molar-refractivity contribution in [3.05, 3.63) is 23.2 Å².